The lowest BCUT2D eigenvalue weighted by Crippen LogP contribution is -2.62. The molecule has 0 saturated carbocycles. The molecule has 1 saturated heterocycles. The number of thiophene rings is 1. The number of carbonyl (C=O) groups excluding carboxylic acids is 1. The topological polar surface area (TPSA) is 81.2 Å². The smallest absolute Gasteiger partial charge is 0.262 e. The van der Waals surface area contributed by atoms with Crippen molar-refractivity contribution in [3.63, 3.8) is 0 Å². The molecule has 2 atom stereocenters. The number of nitrogens with zero attached hydrogens (tertiary/aromatic N) is 2. The summed E-state index contributed by atoms with van der Waals surface area (Å²) in [4.78, 5) is 23.1. The van der Waals surface area contributed by atoms with Gasteiger partial charge in [-0.1, -0.05) is 36.4 Å². The number of benzene rings is 1. The molecule has 3 aromatic rings. The van der Waals surface area contributed by atoms with Crippen molar-refractivity contribution >= 4 is 17.2 Å². The summed E-state index contributed by atoms with van der Waals surface area (Å²) in [7, 11) is 0. The molecule has 1 aliphatic rings. The van der Waals surface area contributed by atoms with E-state index in [4.69, 9.17) is 0 Å². The minimum atomic E-state index is -0.788. The number of hydrogen-bond acceptors (Lipinski definition) is 5. The van der Waals surface area contributed by atoms with Gasteiger partial charge in [0.1, 0.15) is 5.82 Å². The average molecular weight is 397 g/mol. The van der Waals surface area contributed by atoms with Crippen molar-refractivity contribution in [2.45, 2.75) is 24.5 Å². The Balaban J connectivity index is 1.52. The van der Waals surface area contributed by atoms with Crippen LogP contribution in [0.4, 0.5) is 0 Å². The molecule has 3 N–H and O–H groups in total. The van der Waals surface area contributed by atoms with Gasteiger partial charge in [0.05, 0.1) is 16.5 Å². The lowest BCUT2D eigenvalue weighted by molar-refractivity contribution is -0.0151. The summed E-state index contributed by atoms with van der Waals surface area (Å²) in [6.45, 7) is 2.10. The zero-order valence-corrected chi connectivity index (χ0v) is 16.4. The molecule has 2 aromatic heterocycles. The Labute approximate surface area is 168 Å². The summed E-state index contributed by atoms with van der Waals surface area (Å²) in [5.41, 5.74) is 0.154. The third-order valence-corrected chi connectivity index (χ3v) is 6.28. The zero-order chi connectivity index (χ0) is 19.4. The van der Waals surface area contributed by atoms with Crippen molar-refractivity contribution in [1.29, 1.82) is 0 Å². The first-order chi connectivity index (χ1) is 13.7. The number of rotatable bonds is 6. The van der Waals surface area contributed by atoms with E-state index in [1.165, 1.54) is 11.3 Å². The molecule has 0 radical (unpaired) electrons. The van der Waals surface area contributed by atoms with Gasteiger partial charge in [-0.3, -0.25) is 4.79 Å². The van der Waals surface area contributed by atoms with Crippen LogP contribution < -0.4 is 5.32 Å². The minimum absolute atomic E-state index is 0.137. The molecule has 1 amide bonds. The summed E-state index contributed by atoms with van der Waals surface area (Å²) in [5, 5.41) is 16.2. The number of amides is 1. The Kier molecular flexibility index (Phi) is 5.57. The van der Waals surface area contributed by atoms with Crippen LogP contribution in [0.3, 0.4) is 0 Å². The predicted molar refractivity (Wildman–Crippen MR) is 109 cm³/mol. The Morgan fingerprint density at radius 1 is 1.32 bits per heavy atom. The van der Waals surface area contributed by atoms with Gasteiger partial charge in [0.25, 0.3) is 5.91 Å². The number of aliphatic hydroxyl groups is 1. The maximum absolute atomic E-state index is 12.8. The van der Waals surface area contributed by atoms with Crippen LogP contribution in [0.1, 0.15) is 27.5 Å². The van der Waals surface area contributed by atoms with Crippen LogP contribution in [0.15, 0.2) is 60.2 Å². The first kappa shape index (κ1) is 18.9. The van der Waals surface area contributed by atoms with Crippen LogP contribution in [0, 0.1) is 0 Å². The van der Waals surface area contributed by atoms with Crippen LogP contribution >= 0.6 is 11.3 Å². The van der Waals surface area contributed by atoms with Crippen molar-refractivity contribution in [1.82, 2.24) is 20.2 Å². The fourth-order valence-corrected chi connectivity index (χ4v) is 4.48. The summed E-state index contributed by atoms with van der Waals surface area (Å²) >= 11 is 1.41. The van der Waals surface area contributed by atoms with Gasteiger partial charge in [-0.2, -0.15) is 0 Å². The highest BCUT2D eigenvalue weighted by molar-refractivity contribution is 7.12. The van der Waals surface area contributed by atoms with Crippen molar-refractivity contribution in [3.05, 3.63) is 76.5 Å². The molecular formula is C21H24N4O2S. The third kappa shape index (κ3) is 3.87. The van der Waals surface area contributed by atoms with Crippen LogP contribution in [-0.2, 0) is 12.0 Å². The molecular weight excluding hydrogens is 372 g/mol. The normalized spacial score (nSPS) is 22.8. The highest BCUT2D eigenvalue weighted by Gasteiger charge is 2.45. The number of hydrogen-bond donors (Lipinski definition) is 3. The second kappa shape index (κ2) is 8.26. The Hall–Kier alpha value is -2.48. The molecule has 7 heteroatoms. The highest BCUT2D eigenvalue weighted by atomic mass is 32.1. The van der Waals surface area contributed by atoms with E-state index in [2.05, 4.69) is 20.2 Å². The molecule has 0 unspecified atom stereocenters. The number of nitrogens with one attached hydrogen (secondary N) is 2. The fourth-order valence-electron chi connectivity index (χ4n) is 3.86. The molecule has 28 heavy (non-hydrogen) atoms. The van der Waals surface area contributed by atoms with E-state index in [0.29, 0.717) is 17.8 Å². The molecule has 6 nitrogen and oxygen atoms in total. The molecule has 0 aliphatic carbocycles. The summed E-state index contributed by atoms with van der Waals surface area (Å²) in [6, 6.07) is 13.5. The van der Waals surface area contributed by atoms with Crippen LogP contribution in [0.25, 0.3) is 0 Å². The quantitative estimate of drug-likeness (QED) is 0.598. The maximum Gasteiger partial charge on any atom is 0.262 e. The van der Waals surface area contributed by atoms with E-state index < -0.39 is 11.6 Å². The molecule has 1 aromatic carbocycles. The van der Waals surface area contributed by atoms with Crippen molar-refractivity contribution < 1.29 is 9.90 Å². The van der Waals surface area contributed by atoms with E-state index in [-0.39, 0.29) is 5.91 Å². The van der Waals surface area contributed by atoms with Gasteiger partial charge in [0.2, 0.25) is 0 Å². The molecule has 146 valence electrons. The number of aromatic nitrogens is 2. The van der Waals surface area contributed by atoms with Crippen LogP contribution in [0.5, 0.6) is 0 Å². The average Bonchev–Trinajstić information content (AvgIpc) is 3.43. The Bertz CT molecular complexity index is 883. The van der Waals surface area contributed by atoms with E-state index >= 15 is 0 Å². The maximum atomic E-state index is 12.8. The largest absolute Gasteiger partial charge is 0.389 e. The first-order valence-corrected chi connectivity index (χ1v) is 10.4. The van der Waals surface area contributed by atoms with Gasteiger partial charge >= 0.3 is 0 Å². The number of likely N-dealkylation sites (tertiary alicyclic amines) is 1. The number of β-amino-alcohol motifs (C(OH)–C–C–N with tert-alkyl or cyclic N) is 1. The fraction of sp³-hybridized carbons (Fsp3) is 0.333. The van der Waals surface area contributed by atoms with Gasteiger partial charge in [-0.05, 0) is 23.4 Å². The Morgan fingerprint density at radius 2 is 2.18 bits per heavy atom. The van der Waals surface area contributed by atoms with Crippen LogP contribution in [0.2, 0.25) is 0 Å². The SMILES string of the molecule is O=C(N[C@]1(c2ccccc2)CCN(CCc2ncc[nH]2)C[C@H]1O)c1cccs1. The van der Waals surface area contributed by atoms with Crippen molar-refractivity contribution in [2.24, 2.45) is 0 Å². The summed E-state index contributed by atoms with van der Waals surface area (Å²) < 4.78 is 0. The minimum Gasteiger partial charge on any atom is -0.389 e. The van der Waals surface area contributed by atoms with Gasteiger partial charge < -0.3 is 20.3 Å². The number of H-pyrrole nitrogens is 1. The lowest BCUT2D eigenvalue weighted by atomic mass is 9.78. The lowest BCUT2D eigenvalue weighted by Gasteiger charge is -2.46. The molecule has 1 aliphatic heterocycles. The Morgan fingerprint density at radius 3 is 2.86 bits per heavy atom. The molecule has 3 heterocycles. The molecule has 0 spiro atoms. The third-order valence-electron chi connectivity index (χ3n) is 5.41. The number of aliphatic hydroxyl groups excluding tert-OH is 1. The van der Waals surface area contributed by atoms with Crippen molar-refractivity contribution in [3.8, 4) is 0 Å². The monoisotopic (exact) mass is 396 g/mol. The highest BCUT2D eigenvalue weighted by Crippen LogP contribution is 2.34. The number of aromatic amines is 1. The van der Waals surface area contributed by atoms with E-state index in [1.807, 2.05) is 54.0 Å². The van der Waals surface area contributed by atoms with E-state index in [9.17, 15) is 9.90 Å². The standard InChI is InChI=1S/C21H24N4O2S/c26-18-15-25(12-8-19-22-10-11-23-19)13-9-21(18,16-5-2-1-3-6-16)24-20(27)17-7-4-14-28-17/h1-7,10-11,14,18,26H,8-9,12-13,15H2,(H,22,23)(H,24,27)/t18-,21+/m1/s1. The number of piperidine rings is 1. The summed E-state index contributed by atoms with van der Waals surface area (Å²) in [5.74, 6) is 0.808. The second-order valence-electron chi connectivity index (χ2n) is 7.12. The van der Waals surface area contributed by atoms with Gasteiger partial charge in [-0.15, -0.1) is 11.3 Å². The zero-order valence-electron chi connectivity index (χ0n) is 15.5. The van der Waals surface area contributed by atoms with Gasteiger partial charge in [0.15, 0.2) is 0 Å². The molecule has 1 fully saturated rings. The first-order valence-electron chi connectivity index (χ1n) is 9.47. The number of carbonyl (C=O) groups is 1. The van der Waals surface area contributed by atoms with E-state index in [0.717, 1.165) is 30.9 Å². The summed E-state index contributed by atoms with van der Waals surface area (Å²) in [6.07, 6.45) is 4.32. The van der Waals surface area contributed by atoms with E-state index in [1.54, 1.807) is 6.20 Å². The van der Waals surface area contributed by atoms with Crippen LogP contribution in [-0.4, -0.2) is 51.6 Å². The second-order valence-corrected chi connectivity index (χ2v) is 8.07. The molecule has 4 rings (SSSR count). The van der Waals surface area contributed by atoms with Crippen molar-refractivity contribution in [2.75, 3.05) is 19.6 Å². The molecule has 0 bridgehead atoms. The van der Waals surface area contributed by atoms with Gasteiger partial charge in [0, 0.05) is 38.4 Å². The number of imidazole rings is 1. The van der Waals surface area contributed by atoms with Gasteiger partial charge in [-0.25, -0.2) is 4.98 Å². The predicted octanol–water partition coefficient (Wildman–Crippen LogP) is 2.41.